The predicted molar refractivity (Wildman–Crippen MR) is 77.5 cm³/mol. The third-order valence-electron chi connectivity index (χ3n) is 2.74. The summed E-state index contributed by atoms with van der Waals surface area (Å²) in [6.07, 6.45) is 1.82. The van der Waals surface area contributed by atoms with E-state index in [0.29, 0.717) is 10.0 Å². The van der Waals surface area contributed by atoms with Crippen molar-refractivity contribution in [1.82, 2.24) is 4.98 Å². The molecule has 1 aromatic carbocycles. The van der Waals surface area contributed by atoms with Gasteiger partial charge in [-0.25, -0.2) is 0 Å². The summed E-state index contributed by atoms with van der Waals surface area (Å²) >= 11 is 11.9. The molecule has 2 aromatic rings. The number of nitrogens with one attached hydrogen (secondary N) is 1. The van der Waals surface area contributed by atoms with Crippen molar-refractivity contribution < 1.29 is 0 Å². The van der Waals surface area contributed by atoms with Crippen LogP contribution in [0.2, 0.25) is 10.0 Å². The van der Waals surface area contributed by atoms with Crippen LogP contribution >= 0.6 is 23.2 Å². The number of aryl methyl sites for hydroxylation is 1. The van der Waals surface area contributed by atoms with E-state index in [-0.39, 0.29) is 6.04 Å². The normalized spacial score (nSPS) is 12.2. The van der Waals surface area contributed by atoms with Crippen molar-refractivity contribution in [3.8, 4) is 0 Å². The molecule has 0 radical (unpaired) electrons. The maximum Gasteiger partial charge on any atom is 0.0595 e. The van der Waals surface area contributed by atoms with Crippen LogP contribution in [0, 0.1) is 6.92 Å². The number of halogens is 2. The first-order valence-corrected chi connectivity index (χ1v) is 6.46. The second-order valence-electron chi connectivity index (χ2n) is 4.23. The molecule has 0 fully saturated rings. The number of benzene rings is 1. The number of pyridine rings is 1. The standard InChI is InChI=1S/C14H14Cl2N2/c1-9-3-5-12(8-17-9)18-10(2)11-4-6-13(15)14(16)7-11/h3-8,10,18H,1-2H3. The highest BCUT2D eigenvalue weighted by Crippen LogP contribution is 2.27. The lowest BCUT2D eigenvalue weighted by Crippen LogP contribution is -2.06. The molecular weight excluding hydrogens is 267 g/mol. The fourth-order valence-corrected chi connectivity index (χ4v) is 1.97. The minimum atomic E-state index is 0.143. The van der Waals surface area contributed by atoms with E-state index in [2.05, 4.69) is 17.2 Å². The van der Waals surface area contributed by atoms with Gasteiger partial charge >= 0.3 is 0 Å². The highest BCUT2D eigenvalue weighted by molar-refractivity contribution is 6.42. The van der Waals surface area contributed by atoms with Crippen molar-refractivity contribution in [2.75, 3.05) is 5.32 Å². The van der Waals surface area contributed by atoms with Gasteiger partial charge in [-0.1, -0.05) is 29.3 Å². The Hall–Kier alpha value is -1.25. The molecule has 1 heterocycles. The van der Waals surface area contributed by atoms with Gasteiger partial charge < -0.3 is 5.32 Å². The van der Waals surface area contributed by atoms with E-state index < -0.39 is 0 Å². The van der Waals surface area contributed by atoms with Gasteiger partial charge in [-0.3, -0.25) is 4.98 Å². The largest absolute Gasteiger partial charge is 0.377 e. The van der Waals surface area contributed by atoms with Crippen molar-refractivity contribution in [2.24, 2.45) is 0 Å². The first kappa shape index (κ1) is 13.2. The molecule has 1 atom stereocenters. The molecule has 1 unspecified atom stereocenters. The molecule has 2 nitrogen and oxygen atoms in total. The molecule has 1 aromatic heterocycles. The highest BCUT2D eigenvalue weighted by atomic mass is 35.5. The topological polar surface area (TPSA) is 24.9 Å². The van der Waals surface area contributed by atoms with Crippen LogP contribution in [0.25, 0.3) is 0 Å². The number of nitrogens with zero attached hydrogens (tertiary/aromatic N) is 1. The molecule has 94 valence electrons. The zero-order valence-corrected chi connectivity index (χ0v) is 11.8. The number of hydrogen-bond acceptors (Lipinski definition) is 2. The van der Waals surface area contributed by atoms with Gasteiger partial charge in [-0.2, -0.15) is 0 Å². The number of aromatic nitrogens is 1. The fraction of sp³-hybridized carbons (Fsp3) is 0.214. The summed E-state index contributed by atoms with van der Waals surface area (Å²) in [4.78, 5) is 4.25. The second-order valence-corrected chi connectivity index (χ2v) is 5.04. The molecule has 0 aliphatic heterocycles. The zero-order valence-electron chi connectivity index (χ0n) is 10.2. The maximum atomic E-state index is 6.01. The Balaban J connectivity index is 2.13. The minimum absolute atomic E-state index is 0.143. The summed E-state index contributed by atoms with van der Waals surface area (Å²) in [5, 5.41) is 4.52. The lowest BCUT2D eigenvalue weighted by molar-refractivity contribution is 0.882. The molecule has 0 amide bonds. The minimum Gasteiger partial charge on any atom is -0.377 e. The zero-order chi connectivity index (χ0) is 13.1. The summed E-state index contributed by atoms with van der Waals surface area (Å²) in [6.45, 7) is 4.03. The SMILES string of the molecule is Cc1ccc(NC(C)c2ccc(Cl)c(Cl)c2)cn1. The molecule has 1 N–H and O–H groups in total. The molecular formula is C14H14Cl2N2. The average Bonchev–Trinajstić information content (AvgIpc) is 2.35. The van der Waals surface area contributed by atoms with Crippen LogP contribution in [-0.2, 0) is 0 Å². The smallest absolute Gasteiger partial charge is 0.0595 e. The van der Waals surface area contributed by atoms with Crippen LogP contribution in [0.4, 0.5) is 5.69 Å². The Labute approximate surface area is 117 Å². The summed E-state index contributed by atoms with van der Waals surface area (Å²) in [6, 6.07) is 9.78. The fourth-order valence-electron chi connectivity index (χ4n) is 1.67. The van der Waals surface area contributed by atoms with Crippen molar-refractivity contribution >= 4 is 28.9 Å². The van der Waals surface area contributed by atoms with Gasteiger partial charge in [0.15, 0.2) is 0 Å². The van der Waals surface area contributed by atoms with E-state index in [1.807, 2.05) is 43.5 Å². The van der Waals surface area contributed by atoms with E-state index in [4.69, 9.17) is 23.2 Å². The lowest BCUT2D eigenvalue weighted by Gasteiger charge is -2.16. The molecule has 2 rings (SSSR count). The Morgan fingerprint density at radius 2 is 1.89 bits per heavy atom. The van der Waals surface area contributed by atoms with Crippen LogP contribution in [0.15, 0.2) is 36.5 Å². The quantitative estimate of drug-likeness (QED) is 0.868. The van der Waals surface area contributed by atoms with Gasteiger partial charge in [0, 0.05) is 11.7 Å². The van der Waals surface area contributed by atoms with Crippen LogP contribution in [-0.4, -0.2) is 4.98 Å². The molecule has 0 aliphatic carbocycles. The summed E-state index contributed by atoms with van der Waals surface area (Å²) in [7, 11) is 0. The second kappa shape index (κ2) is 5.59. The first-order chi connectivity index (χ1) is 8.56. The Kier molecular flexibility index (Phi) is 4.10. The van der Waals surface area contributed by atoms with Gasteiger partial charge in [-0.05, 0) is 43.7 Å². The average molecular weight is 281 g/mol. The number of anilines is 1. The molecule has 0 bridgehead atoms. The Morgan fingerprint density at radius 1 is 1.11 bits per heavy atom. The first-order valence-electron chi connectivity index (χ1n) is 5.70. The van der Waals surface area contributed by atoms with Crippen LogP contribution in [0.1, 0.15) is 24.2 Å². The van der Waals surface area contributed by atoms with E-state index in [0.717, 1.165) is 16.9 Å². The van der Waals surface area contributed by atoms with E-state index in [1.165, 1.54) is 0 Å². The monoisotopic (exact) mass is 280 g/mol. The maximum absolute atomic E-state index is 6.01. The van der Waals surface area contributed by atoms with Gasteiger partial charge in [0.05, 0.1) is 21.9 Å². The van der Waals surface area contributed by atoms with Crippen molar-refractivity contribution in [2.45, 2.75) is 19.9 Å². The molecule has 0 saturated heterocycles. The van der Waals surface area contributed by atoms with E-state index in [9.17, 15) is 0 Å². The van der Waals surface area contributed by atoms with Crippen molar-refractivity contribution in [3.63, 3.8) is 0 Å². The van der Waals surface area contributed by atoms with Crippen LogP contribution in [0.5, 0.6) is 0 Å². The highest BCUT2D eigenvalue weighted by Gasteiger charge is 2.07. The number of rotatable bonds is 3. The number of hydrogen-bond donors (Lipinski definition) is 1. The van der Waals surface area contributed by atoms with Crippen LogP contribution in [0.3, 0.4) is 0 Å². The molecule has 0 saturated carbocycles. The van der Waals surface area contributed by atoms with Gasteiger partial charge in [0.2, 0.25) is 0 Å². The van der Waals surface area contributed by atoms with Crippen molar-refractivity contribution in [3.05, 3.63) is 57.8 Å². The van der Waals surface area contributed by atoms with Crippen LogP contribution < -0.4 is 5.32 Å². The molecule has 18 heavy (non-hydrogen) atoms. The lowest BCUT2D eigenvalue weighted by atomic mass is 10.1. The molecule has 4 heteroatoms. The molecule has 0 spiro atoms. The Bertz CT molecular complexity index is 538. The Morgan fingerprint density at radius 3 is 2.50 bits per heavy atom. The molecule has 0 aliphatic rings. The third kappa shape index (κ3) is 3.15. The van der Waals surface area contributed by atoms with E-state index in [1.54, 1.807) is 0 Å². The predicted octanol–water partition coefficient (Wildman–Crippen LogP) is 4.87. The summed E-state index contributed by atoms with van der Waals surface area (Å²) in [5.41, 5.74) is 3.08. The summed E-state index contributed by atoms with van der Waals surface area (Å²) in [5.74, 6) is 0. The summed E-state index contributed by atoms with van der Waals surface area (Å²) < 4.78 is 0. The van der Waals surface area contributed by atoms with Gasteiger partial charge in [-0.15, -0.1) is 0 Å². The van der Waals surface area contributed by atoms with Gasteiger partial charge in [0.1, 0.15) is 0 Å². The van der Waals surface area contributed by atoms with Gasteiger partial charge in [0.25, 0.3) is 0 Å². The van der Waals surface area contributed by atoms with E-state index >= 15 is 0 Å². The van der Waals surface area contributed by atoms with Crippen molar-refractivity contribution in [1.29, 1.82) is 0 Å². The third-order valence-corrected chi connectivity index (χ3v) is 3.48.